The zero-order chi connectivity index (χ0) is 19.5. The zero-order valence-electron chi connectivity index (χ0n) is 15.2. The highest BCUT2D eigenvalue weighted by Gasteiger charge is 2.13. The molecule has 1 aliphatic heterocycles. The number of nitrogens with one attached hydrogen (secondary N) is 2. The fourth-order valence-electron chi connectivity index (χ4n) is 2.84. The quantitative estimate of drug-likeness (QED) is 0.658. The molecular formula is C21H18ClN3O3. The van der Waals surface area contributed by atoms with Gasteiger partial charge in [0.15, 0.2) is 11.5 Å². The van der Waals surface area contributed by atoms with Gasteiger partial charge < -0.3 is 20.1 Å². The molecule has 0 unspecified atom stereocenters. The molecular weight excluding hydrogens is 378 g/mol. The first kappa shape index (κ1) is 18.1. The van der Waals surface area contributed by atoms with Gasteiger partial charge in [0, 0.05) is 17.3 Å². The molecule has 6 nitrogen and oxygen atoms in total. The molecule has 0 aliphatic carbocycles. The standard InChI is InChI=1S/C21H18ClN3O3/c1-13-8-15(22)3-5-17(13)25-21(26)18-6-4-16(11-24-18)23-10-14-2-7-19-20(9-14)28-12-27-19/h2-9,11,23H,10,12H2,1H3,(H,25,26). The molecule has 0 radical (unpaired) electrons. The van der Waals surface area contributed by atoms with E-state index in [1.165, 1.54) is 0 Å². The number of fused-ring (bicyclic) bond motifs is 1. The Labute approximate surface area is 167 Å². The molecule has 2 heterocycles. The van der Waals surface area contributed by atoms with Gasteiger partial charge in [0.25, 0.3) is 5.91 Å². The molecule has 28 heavy (non-hydrogen) atoms. The van der Waals surface area contributed by atoms with Gasteiger partial charge in [-0.05, 0) is 60.5 Å². The number of halogens is 1. The van der Waals surface area contributed by atoms with E-state index < -0.39 is 0 Å². The van der Waals surface area contributed by atoms with E-state index in [2.05, 4.69) is 15.6 Å². The number of pyridine rings is 1. The van der Waals surface area contributed by atoms with Crippen molar-refractivity contribution in [3.05, 3.63) is 76.6 Å². The maximum atomic E-state index is 12.4. The van der Waals surface area contributed by atoms with Gasteiger partial charge in [-0.15, -0.1) is 0 Å². The number of hydrogen-bond acceptors (Lipinski definition) is 5. The molecule has 142 valence electrons. The summed E-state index contributed by atoms with van der Waals surface area (Å²) in [5.41, 5.74) is 3.81. The Balaban J connectivity index is 1.37. The molecule has 0 fully saturated rings. The number of anilines is 2. The van der Waals surface area contributed by atoms with Crippen molar-refractivity contribution in [3.63, 3.8) is 0 Å². The van der Waals surface area contributed by atoms with Crippen molar-refractivity contribution in [3.8, 4) is 11.5 Å². The van der Waals surface area contributed by atoms with Gasteiger partial charge in [0.05, 0.1) is 11.9 Å². The third-order valence-electron chi connectivity index (χ3n) is 4.37. The summed E-state index contributed by atoms with van der Waals surface area (Å²) >= 11 is 5.94. The summed E-state index contributed by atoms with van der Waals surface area (Å²) in [5, 5.41) is 6.76. The number of benzene rings is 2. The SMILES string of the molecule is Cc1cc(Cl)ccc1NC(=O)c1ccc(NCc2ccc3c(c2)OCO3)cn1. The molecule has 1 amide bonds. The first-order valence-electron chi connectivity index (χ1n) is 8.74. The van der Waals surface area contributed by atoms with E-state index in [4.69, 9.17) is 21.1 Å². The number of hydrogen-bond donors (Lipinski definition) is 2. The van der Waals surface area contributed by atoms with Crippen molar-refractivity contribution < 1.29 is 14.3 Å². The molecule has 3 aromatic rings. The molecule has 0 bridgehead atoms. The van der Waals surface area contributed by atoms with Crippen LogP contribution >= 0.6 is 11.6 Å². The van der Waals surface area contributed by atoms with E-state index in [0.29, 0.717) is 22.9 Å². The Morgan fingerprint density at radius 3 is 2.75 bits per heavy atom. The minimum atomic E-state index is -0.271. The summed E-state index contributed by atoms with van der Waals surface area (Å²) < 4.78 is 10.7. The number of carbonyl (C=O) groups excluding carboxylic acids is 1. The van der Waals surface area contributed by atoms with Crippen molar-refractivity contribution in [2.75, 3.05) is 17.4 Å². The predicted octanol–water partition coefficient (Wildman–Crippen LogP) is 4.64. The van der Waals surface area contributed by atoms with Gasteiger partial charge in [-0.2, -0.15) is 0 Å². The highest BCUT2D eigenvalue weighted by atomic mass is 35.5. The monoisotopic (exact) mass is 395 g/mol. The van der Waals surface area contributed by atoms with Gasteiger partial charge in [-0.1, -0.05) is 17.7 Å². The number of amides is 1. The first-order valence-corrected chi connectivity index (χ1v) is 9.12. The minimum Gasteiger partial charge on any atom is -0.454 e. The van der Waals surface area contributed by atoms with Gasteiger partial charge in [-0.25, -0.2) is 4.98 Å². The normalized spacial score (nSPS) is 11.9. The van der Waals surface area contributed by atoms with Crippen LogP contribution in [0.4, 0.5) is 11.4 Å². The zero-order valence-corrected chi connectivity index (χ0v) is 15.9. The second-order valence-corrected chi connectivity index (χ2v) is 6.82. The van der Waals surface area contributed by atoms with Crippen molar-refractivity contribution in [1.29, 1.82) is 0 Å². The number of carbonyl (C=O) groups is 1. The Kier molecular flexibility index (Phi) is 5.04. The van der Waals surface area contributed by atoms with Gasteiger partial charge >= 0.3 is 0 Å². The lowest BCUT2D eigenvalue weighted by molar-refractivity contribution is 0.102. The third-order valence-corrected chi connectivity index (χ3v) is 4.60. The molecule has 0 spiro atoms. The topological polar surface area (TPSA) is 72.5 Å². The van der Waals surface area contributed by atoms with E-state index >= 15 is 0 Å². The fraction of sp³-hybridized carbons (Fsp3) is 0.143. The van der Waals surface area contributed by atoms with Crippen molar-refractivity contribution in [2.45, 2.75) is 13.5 Å². The summed E-state index contributed by atoms with van der Waals surface area (Å²) in [6, 6.07) is 14.6. The summed E-state index contributed by atoms with van der Waals surface area (Å²) in [7, 11) is 0. The lowest BCUT2D eigenvalue weighted by Gasteiger charge is -2.10. The first-order chi connectivity index (χ1) is 13.6. The molecule has 0 saturated heterocycles. The van der Waals surface area contributed by atoms with E-state index in [-0.39, 0.29) is 12.7 Å². The third kappa shape index (κ3) is 4.02. The fourth-order valence-corrected chi connectivity index (χ4v) is 3.07. The van der Waals surface area contributed by atoms with Crippen LogP contribution < -0.4 is 20.1 Å². The Bertz CT molecular complexity index is 1020. The molecule has 2 N–H and O–H groups in total. The summed E-state index contributed by atoms with van der Waals surface area (Å²) in [6.45, 7) is 2.75. The average molecular weight is 396 g/mol. The van der Waals surface area contributed by atoms with E-state index in [1.54, 1.807) is 30.5 Å². The maximum absolute atomic E-state index is 12.4. The van der Waals surface area contributed by atoms with E-state index in [9.17, 15) is 4.79 Å². The van der Waals surface area contributed by atoms with E-state index in [1.807, 2.05) is 31.2 Å². The van der Waals surface area contributed by atoms with Crippen LogP contribution in [0, 0.1) is 6.92 Å². The van der Waals surface area contributed by atoms with Crippen LogP contribution in [0.3, 0.4) is 0 Å². The molecule has 0 saturated carbocycles. The van der Waals surface area contributed by atoms with Crippen LogP contribution in [0.15, 0.2) is 54.7 Å². The molecule has 1 aromatic heterocycles. The number of aromatic nitrogens is 1. The second kappa shape index (κ2) is 7.78. The lowest BCUT2D eigenvalue weighted by Crippen LogP contribution is -2.14. The second-order valence-electron chi connectivity index (χ2n) is 6.39. The predicted molar refractivity (Wildman–Crippen MR) is 108 cm³/mol. The number of aryl methyl sites for hydroxylation is 1. The number of ether oxygens (including phenoxy) is 2. The van der Waals surface area contributed by atoms with Gasteiger partial charge in [0.2, 0.25) is 6.79 Å². The van der Waals surface area contributed by atoms with Crippen LogP contribution in [0.25, 0.3) is 0 Å². The largest absolute Gasteiger partial charge is 0.454 e. The van der Waals surface area contributed by atoms with Crippen LogP contribution in [-0.2, 0) is 6.54 Å². The van der Waals surface area contributed by atoms with Crippen LogP contribution in [-0.4, -0.2) is 17.7 Å². The summed E-state index contributed by atoms with van der Waals surface area (Å²) in [5.74, 6) is 1.24. The molecule has 2 aromatic carbocycles. The highest BCUT2D eigenvalue weighted by molar-refractivity contribution is 6.30. The van der Waals surface area contributed by atoms with Gasteiger partial charge in [0.1, 0.15) is 5.69 Å². The van der Waals surface area contributed by atoms with Crippen molar-refractivity contribution in [2.24, 2.45) is 0 Å². The molecule has 4 rings (SSSR count). The molecule has 1 aliphatic rings. The van der Waals surface area contributed by atoms with Gasteiger partial charge in [-0.3, -0.25) is 4.79 Å². The Morgan fingerprint density at radius 2 is 1.96 bits per heavy atom. The number of nitrogens with zero attached hydrogens (tertiary/aromatic N) is 1. The average Bonchev–Trinajstić information content (AvgIpc) is 3.17. The van der Waals surface area contributed by atoms with E-state index in [0.717, 1.165) is 28.3 Å². The smallest absolute Gasteiger partial charge is 0.274 e. The summed E-state index contributed by atoms with van der Waals surface area (Å²) in [4.78, 5) is 16.6. The molecule has 0 atom stereocenters. The molecule has 7 heteroatoms. The Hall–Kier alpha value is -3.25. The van der Waals surface area contributed by atoms with Crippen LogP contribution in [0.2, 0.25) is 5.02 Å². The minimum absolute atomic E-state index is 0.259. The van der Waals surface area contributed by atoms with Crippen molar-refractivity contribution >= 4 is 28.9 Å². The van der Waals surface area contributed by atoms with Crippen molar-refractivity contribution in [1.82, 2.24) is 4.98 Å². The Morgan fingerprint density at radius 1 is 1.11 bits per heavy atom. The summed E-state index contributed by atoms with van der Waals surface area (Å²) in [6.07, 6.45) is 1.64. The highest BCUT2D eigenvalue weighted by Crippen LogP contribution is 2.32. The lowest BCUT2D eigenvalue weighted by atomic mass is 10.2. The number of rotatable bonds is 5. The van der Waals surface area contributed by atoms with Crippen LogP contribution in [0.1, 0.15) is 21.6 Å². The maximum Gasteiger partial charge on any atom is 0.274 e. The van der Waals surface area contributed by atoms with Crippen LogP contribution in [0.5, 0.6) is 11.5 Å².